The van der Waals surface area contributed by atoms with E-state index in [-0.39, 0.29) is 18.0 Å². The molecule has 0 spiro atoms. The predicted octanol–water partition coefficient (Wildman–Crippen LogP) is 4.97. The second-order valence-electron chi connectivity index (χ2n) is 11.9. The van der Waals surface area contributed by atoms with Gasteiger partial charge < -0.3 is 19.9 Å². The Kier molecular flexibility index (Phi) is 6.81. The average molecular weight is 578 g/mol. The molecule has 0 radical (unpaired) electrons. The molecule has 2 bridgehead atoms. The molecule has 2 aliphatic heterocycles. The number of hydrogen-bond acceptors (Lipinski definition) is 8. The van der Waals surface area contributed by atoms with Gasteiger partial charge in [-0.25, -0.2) is 19.0 Å². The van der Waals surface area contributed by atoms with Gasteiger partial charge in [0.1, 0.15) is 29.7 Å². The number of nitrogens with zero attached hydrogens (tertiary/aromatic N) is 8. The molecule has 2 fully saturated rings. The number of likely N-dealkylation sites (N-methyl/N-ethyl adjacent to an activating group) is 1. The summed E-state index contributed by atoms with van der Waals surface area (Å²) in [7, 11) is 3.94. The molecule has 43 heavy (non-hydrogen) atoms. The molecule has 1 amide bonds. The lowest BCUT2D eigenvalue weighted by Crippen LogP contribution is -2.47. The standard InChI is InChI=1S/C32H35N9O2/c1-20-13-23(5-8-28(20)43-26-9-11-39-29(16-26)33-18-35-39)37-31-30-27(10-12-40(30)36-19-34-31)22-14-24-6-7-25(15-22)41(24)32(42)21(2)17-38(3)4/h5,8-13,16,18-19,22,24-25H,2,6-7,14-15,17H2,1,3-4H3,(H,34,36,37)/t22?,24-,25+. The van der Waals surface area contributed by atoms with Crippen LogP contribution in [0.4, 0.5) is 11.5 Å². The number of ether oxygens (including phenoxy) is 1. The predicted molar refractivity (Wildman–Crippen MR) is 164 cm³/mol. The van der Waals surface area contributed by atoms with E-state index in [0.29, 0.717) is 23.8 Å². The van der Waals surface area contributed by atoms with Crippen LogP contribution in [0.25, 0.3) is 11.2 Å². The van der Waals surface area contributed by atoms with E-state index >= 15 is 0 Å². The van der Waals surface area contributed by atoms with Crippen molar-refractivity contribution in [3.05, 3.63) is 84.7 Å². The van der Waals surface area contributed by atoms with Gasteiger partial charge in [0.05, 0.1) is 0 Å². The van der Waals surface area contributed by atoms with E-state index < -0.39 is 0 Å². The number of nitrogens with one attached hydrogen (secondary N) is 1. The molecule has 1 aromatic carbocycles. The maximum absolute atomic E-state index is 13.3. The highest BCUT2D eigenvalue weighted by Gasteiger charge is 2.44. The minimum atomic E-state index is 0.106. The molecule has 4 aromatic heterocycles. The molecule has 11 heteroatoms. The summed E-state index contributed by atoms with van der Waals surface area (Å²) in [5.74, 6) is 2.64. The molecule has 0 aliphatic carbocycles. The minimum Gasteiger partial charge on any atom is -0.457 e. The lowest BCUT2D eigenvalue weighted by molar-refractivity contribution is -0.131. The zero-order valence-corrected chi connectivity index (χ0v) is 24.6. The molecule has 1 N–H and O–H groups in total. The van der Waals surface area contributed by atoms with Crippen molar-refractivity contribution in [1.29, 1.82) is 0 Å². The van der Waals surface area contributed by atoms with Gasteiger partial charge in [0.25, 0.3) is 5.91 Å². The summed E-state index contributed by atoms with van der Waals surface area (Å²) in [4.78, 5) is 26.3. The van der Waals surface area contributed by atoms with Crippen LogP contribution in [-0.2, 0) is 4.79 Å². The Bertz CT molecular complexity index is 1830. The third kappa shape index (κ3) is 5.10. The van der Waals surface area contributed by atoms with Gasteiger partial charge in [0.15, 0.2) is 11.5 Å². The summed E-state index contributed by atoms with van der Waals surface area (Å²) in [6.45, 7) is 6.70. The van der Waals surface area contributed by atoms with E-state index in [1.165, 1.54) is 11.9 Å². The Morgan fingerprint density at radius 3 is 2.53 bits per heavy atom. The van der Waals surface area contributed by atoms with Crippen molar-refractivity contribution in [1.82, 2.24) is 39.0 Å². The normalized spacial score (nSPS) is 19.8. The van der Waals surface area contributed by atoms with Gasteiger partial charge in [-0.3, -0.25) is 4.79 Å². The molecule has 7 rings (SSSR count). The van der Waals surface area contributed by atoms with Gasteiger partial charge in [-0.05, 0) is 94.1 Å². The fraction of sp³-hybridized carbons (Fsp3) is 0.344. The van der Waals surface area contributed by atoms with E-state index in [0.717, 1.165) is 59.7 Å². The van der Waals surface area contributed by atoms with Crippen molar-refractivity contribution in [3.63, 3.8) is 0 Å². The average Bonchev–Trinajstić information content (AvgIpc) is 3.70. The number of amides is 1. The van der Waals surface area contributed by atoms with E-state index in [9.17, 15) is 4.79 Å². The molecule has 6 heterocycles. The van der Waals surface area contributed by atoms with Crippen LogP contribution < -0.4 is 10.1 Å². The first-order valence-corrected chi connectivity index (χ1v) is 14.7. The second-order valence-corrected chi connectivity index (χ2v) is 11.9. The van der Waals surface area contributed by atoms with Gasteiger partial charge in [0.2, 0.25) is 0 Å². The number of benzene rings is 1. The van der Waals surface area contributed by atoms with Crippen molar-refractivity contribution in [2.75, 3.05) is 26.0 Å². The highest BCUT2D eigenvalue weighted by molar-refractivity contribution is 5.94. The first kappa shape index (κ1) is 27.1. The maximum atomic E-state index is 13.3. The van der Waals surface area contributed by atoms with Crippen LogP contribution in [0.1, 0.15) is 42.7 Å². The van der Waals surface area contributed by atoms with Gasteiger partial charge in [0, 0.05) is 48.3 Å². The van der Waals surface area contributed by atoms with Gasteiger partial charge in [-0.1, -0.05) is 6.58 Å². The topological polar surface area (TPSA) is 105 Å². The summed E-state index contributed by atoms with van der Waals surface area (Å²) < 4.78 is 9.75. The molecule has 2 aliphatic rings. The Morgan fingerprint density at radius 1 is 1.02 bits per heavy atom. The number of pyridine rings is 1. The molecule has 1 unspecified atom stereocenters. The first-order chi connectivity index (χ1) is 20.8. The Balaban J connectivity index is 1.10. The van der Waals surface area contributed by atoms with Crippen LogP contribution in [0.15, 0.2) is 73.6 Å². The largest absolute Gasteiger partial charge is 0.457 e. The minimum absolute atomic E-state index is 0.106. The van der Waals surface area contributed by atoms with Crippen molar-refractivity contribution in [2.24, 2.45) is 0 Å². The van der Waals surface area contributed by atoms with E-state index in [2.05, 4.69) is 49.1 Å². The Labute approximate surface area is 249 Å². The number of anilines is 2. The van der Waals surface area contributed by atoms with Gasteiger partial charge in [-0.2, -0.15) is 10.2 Å². The number of piperidine rings is 1. The number of fused-ring (bicyclic) bond motifs is 4. The third-order valence-electron chi connectivity index (χ3n) is 8.62. The van der Waals surface area contributed by atoms with E-state index in [4.69, 9.17) is 4.74 Å². The molecule has 2 saturated heterocycles. The van der Waals surface area contributed by atoms with Gasteiger partial charge in [-0.15, -0.1) is 0 Å². The molecular formula is C32H35N9O2. The monoisotopic (exact) mass is 577 g/mol. The zero-order valence-electron chi connectivity index (χ0n) is 24.6. The second kappa shape index (κ2) is 10.8. The van der Waals surface area contributed by atoms with Crippen molar-refractivity contribution in [2.45, 2.75) is 50.6 Å². The van der Waals surface area contributed by atoms with Crippen molar-refractivity contribution in [3.8, 4) is 11.5 Å². The summed E-state index contributed by atoms with van der Waals surface area (Å²) >= 11 is 0. The Hall–Kier alpha value is -4.77. The number of aromatic nitrogens is 6. The summed E-state index contributed by atoms with van der Waals surface area (Å²) in [5, 5.41) is 12.2. The summed E-state index contributed by atoms with van der Waals surface area (Å²) in [6, 6.07) is 12.3. The molecular weight excluding hydrogens is 542 g/mol. The quantitative estimate of drug-likeness (QED) is 0.258. The van der Waals surface area contributed by atoms with Crippen LogP contribution >= 0.6 is 0 Å². The van der Waals surface area contributed by atoms with Crippen LogP contribution in [0.5, 0.6) is 11.5 Å². The number of aryl methyl sites for hydroxylation is 1. The molecule has 3 atom stereocenters. The van der Waals surface area contributed by atoms with Crippen molar-refractivity contribution >= 4 is 28.6 Å². The SMILES string of the molecule is C=C(CN(C)C)C(=O)N1[C@@H]2CC[C@H]1CC(c1ccn3ncnc(Nc4ccc(Oc5ccn6ncnc6c5)c(C)c4)c13)C2. The molecule has 11 nitrogen and oxygen atoms in total. The van der Waals surface area contributed by atoms with Crippen LogP contribution in [0, 0.1) is 6.92 Å². The third-order valence-corrected chi connectivity index (χ3v) is 8.62. The van der Waals surface area contributed by atoms with Crippen LogP contribution in [-0.4, -0.2) is 77.6 Å². The number of carbonyl (C=O) groups is 1. The summed E-state index contributed by atoms with van der Waals surface area (Å²) in [6.07, 6.45) is 10.9. The molecule has 220 valence electrons. The number of rotatable bonds is 8. The van der Waals surface area contributed by atoms with Gasteiger partial charge >= 0.3 is 0 Å². The van der Waals surface area contributed by atoms with Crippen molar-refractivity contribution < 1.29 is 9.53 Å². The number of carbonyl (C=O) groups excluding carboxylic acids is 1. The Morgan fingerprint density at radius 2 is 1.77 bits per heavy atom. The molecule has 0 saturated carbocycles. The fourth-order valence-electron chi connectivity index (χ4n) is 6.76. The lowest BCUT2D eigenvalue weighted by atomic mass is 9.85. The highest BCUT2D eigenvalue weighted by atomic mass is 16.5. The smallest absolute Gasteiger partial charge is 0.250 e. The summed E-state index contributed by atoms with van der Waals surface area (Å²) in [5.41, 5.74) is 5.48. The lowest BCUT2D eigenvalue weighted by Gasteiger charge is -2.39. The number of hydrogen-bond donors (Lipinski definition) is 1. The van der Waals surface area contributed by atoms with E-state index in [1.807, 2.05) is 67.1 Å². The maximum Gasteiger partial charge on any atom is 0.250 e. The van der Waals surface area contributed by atoms with Crippen LogP contribution in [0.2, 0.25) is 0 Å². The zero-order chi connectivity index (χ0) is 29.7. The van der Waals surface area contributed by atoms with E-state index in [1.54, 1.807) is 10.8 Å². The highest BCUT2D eigenvalue weighted by Crippen LogP contribution is 2.45. The molecule has 5 aromatic rings. The first-order valence-electron chi connectivity index (χ1n) is 14.7. The van der Waals surface area contributed by atoms with Crippen LogP contribution in [0.3, 0.4) is 0 Å². The fourth-order valence-corrected chi connectivity index (χ4v) is 6.76.